The third kappa shape index (κ3) is 3.18. The summed E-state index contributed by atoms with van der Waals surface area (Å²) in [5, 5.41) is 14.3. The molecule has 8 heteroatoms. The lowest BCUT2D eigenvalue weighted by molar-refractivity contribution is -0.144. The van der Waals surface area contributed by atoms with Gasteiger partial charge in [0.25, 0.3) is 11.8 Å². The van der Waals surface area contributed by atoms with Gasteiger partial charge in [0, 0.05) is 31.4 Å². The Kier molecular flexibility index (Phi) is 4.64. The predicted octanol–water partition coefficient (Wildman–Crippen LogP) is 1.75. The van der Waals surface area contributed by atoms with Crippen LogP contribution in [0.1, 0.15) is 18.9 Å². The van der Waals surface area contributed by atoms with E-state index in [1.54, 1.807) is 12.1 Å². The van der Waals surface area contributed by atoms with Crippen LogP contribution in [0.5, 0.6) is 5.75 Å². The molecule has 4 rings (SSSR count). The fraction of sp³-hybridized carbons (Fsp3) is 0.429. The molecule has 5 unspecified atom stereocenters. The zero-order valence-corrected chi connectivity index (χ0v) is 16.5. The number of ether oxygens (including phenoxy) is 1. The van der Waals surface area contributed by atoms with E-state index < -0.39 is 12.1 Å². The number of benzene rings is 1. The van der Waals surface area contributed by atoms with Gasteiger partial charge >= 0.3 is 5.97 Å². The number of amides is 2. The highest BCUT2D eigenvalue weighted by molar-refractivity contribution is 6.07. The number of rotatable bonds is 6. The number of carbonyl (C=O) groups is 3. The molecule has 1 aromatic carbocycles. The molecule has 2 aliphatic carbocycles. The number of aliphatic carboxylic acids is 1. The van der Waals surface area contributed by atoms with Crippen LogP contribution in [0.2, 0.25) is 0 Å². The molecule has 2 fully saturated rings. The summed E-state index contributed by atoms with van der Waals surface area (Å²) >= 11 is 0. The molecule has 1 aliphatic heterocycles. The molecule has 1 aromatic rings. The monoisotopic (exact) mass is 397 g/mol. The van der Waals surface area contributed by atoms with Crippen molar-refractivity contribution in [2.75, 3.05) is 19.0 Å². The lowest BCUT2D eigenvalue weighted by Gasteiger charge is -2.18. The zero-order valence-electron chi connectivity index (χ0n) is 16.5. The quantitative estimate of drug-likeness (QED) is 0.446. The summed E-state index contributed by atoms with van der Waals surface area (Å²) in [7, 11) is 3.71. The summed E-state index contributed by atoms with van der Waals surface area (Å²) in [4.78, 5) is 38.5. The van der Waals surface area contributed by atoms with Crippen molar-refractivity contribution in [1.29, 1.82) is 0 Å². The van der Waals surface area contributed by atoms with Crippen molar-refractivity contribution >= 4 is 29.7 Å². The van der Waals surface area contributed by atoms with Crippen LogP contribution < -0.4 is 9.64 Å². The molecule has 1 saturated heterocycles. The van der Waals surface area contributed by atoms with Gasteiger partial charge in [-0.3, -0.25) is 9.59 Å². The minimum atomic E-state index is -1.09. The number of anilines is 1. The molecule has 29 heavy (non-hydrogen) atoms. The predicted molar refractivity (Wildman–Crippen MR) is 106 cm³/mol. The van der Waals surface area contributed by atoms with E-state index in [9.17, 15) is 14.4 Å². The van der Waals surface area contributed by atoms with Crippen molar-refractivity contribution in [2.45, 2.75) is 19.4 Å². The van der Waals surface area contributed by atoms with Gasteiger partial charge in [-0.1, -0.05) is 12.2 Å². The van der Waals surface area contributed by atoms with Crippen LogP contribution in [-0.4, -0.2) is 54.3 Å². The number of carbonyl (C=O) groups excluding carboxylic acids is 2. The number of carboxylic acid groups (broad SMARTS) is 1. The highest BCUT2D eigenvalue weighted by Gasteiger charge is 2.59. The van der Waals surface area contributed by atoms with Crippen molar-refractivity contribution in [3.8, 4) is 5.75 Å². The van der Waals surface area contributed by atoms with Gasteiger partial charge in [-0.15, -0.1) is 0 Å². The van der Waals surface area contributed by atoms with Crippen LogP contribution in [0.25, 0.3) is 0 Å². The molecule has 2 amide bonds. The summed E-state index contributed by atoms with van der Waals surface area (Å²) in [6, 6.07) is 5.25. The first kappa shape index (κ1) is 19.2. The van der Waals surface area contributed by atoms with Crippen LogP contribution in [0.4, 0.5) is 5.69 Å². The van der Waals surface area contributed by atoms with Gasteiger partial charge in [-0.05, 0) is 37.3 Å². The molecule has 0 radical (unpaired) electrons. The maximum atomic E-state index is 12.7. The molecule has 5 atom stereocenters. The van der Waals surface area contributed by atoms with Crippen LogP contribution in [0.3, 0.4) is 0 Å². The highest BCUT2D eigenvalue weighted by Crippen LogP contribution is 2.52. The van der Waals surface area contributed by atoms with Crippen LogP contribution in [0, 0.1) is 23.7 Å². The standard InChI is InChI=1S/C21H23N3O5/c1-11(21(27)28)29-16-9-15(23(2)3)7-6-14(16)10-22-24-19(25)17-12-4-5-13(8-12)18(17)20(24)26/h4-7,9-13,17-18H,8H2,1-3H3,(H,27,28). The minimum Gasteiger partial charge on any atom is -0.479 e. The van der Waals surface area contributed by atoms with E-state index in [1.807, 2.05) is 37.2 Å². The Bertz CT molecular complexity index is 908. The first-order valence-electron chi connectivity index (χ1n) is 9.59. The smallest absolute Gasteiger partial charge is 0.344 e. The van der Waals surface area contributed by atoms with Gasteiger partial charge in [0.2, 0.25) is 0 Å². The first-order chi connectivity index (χ1) is 13.8. The number of imide groups is 1. The number of carboxylic acids is 1. The summed E-state index contributed by atoms with van der Waals surface area (Å²) in [6.07, 6.45) is 5.25. The Hall–Kier alpha value is -3.16. The number of nitrogens with zero attached hydrogens (tertiary/aromatic N) is 3. The molecule has 1 N–H and O–H groups in total. The number of hydrogen-bond donors (Lipinski definition) is 1. The van der Waals surface area contributed by atoms with Crippen molar-refractivity contribution in [1.82, 2.24) is 5.01 Å². The van der Waals surface area contributed by atoms with Gasteiger partial charge in [0.1, 0.15) is 5.75 Å². The Labute approximate surface area is 168 Å². The molecule has 3 aliphatic rings. The van der Waals surface area contributed by atoms with Crippen LogP contribution in [0.15, 0.2) is 35.5 Å². The SMILES string of the molecule is CC(Oc1cc(N(C)C)ccc1C=NN1C(=O)C2C3C=CC(C3)C2C1=O)C(=O)O. The van der Waals surface area contributed by atoms with Gasteiger partial charge in [0.05, 0.1) is 18.1 Å². The maximum Gasteiger partial charge on any atom is 0.344 e. The molecular weight excluding hydrogens is 374 g/mol. The number of hydrogen-bond acceptors (Lipinski definition) is 6. The lowest BCUT2D eigenvalue weighted by Crippen LogP contribution is -2.28. The molecule has 2 bridgehead atoms. The van der Waals surface area contributed by atoms with E-state index in [-0.39, 0.29) is 35.5 Å². The second-order valence-electron chi connectivity index (χ2n) is 7.95. The van der Waals surface area contributed by atoms with E-state index in [4.69, 9.17) is 9.84 Å². The molecule has 8 nitrogen and oxygen atoms in total. The van der Waals surface area contributed by atoms with E-state index >= 15 is 0 Å². The molecule has 1 heterocycles. The fourth-order valence-electron chi connectivity index (χ4n) is 4.37. The molecule has 0 aromatic heterocycles. The largest absolute Gasteiger partial charge is 0.479 e. The van der Waals surface area contributed by atoms with Gasteiger partial charge in [0.15, 0.2) is 6.10 Å². The maximum absolute atomic E-state index is 12.7. The average molecular weight is 397 g/mol. The van der Waals surface area contributed by atoms with Gasteiger partial charge in [-0.2, -0.15) is 10.1 Å². The van der Waals surface area contributed by atoms with Crippen molar-refractivity contribution in [2.24, 2.45) is 28.8 Å². The van der Waals surface area contributed by atoms with Crippen LogP contribution >= 0.6 is 0 Å². The molecule has 1 saturated carbocycles. The third-order valence-corrected chi connectivity index (χ3v) is 5.92. The number of fused-ring (bicyclic) bond motifs is 5. The van der Waals surface area contributed by atoms with Gasteiger partial charge in [-0.25, -0.2) is 4.79 Å². The second kappa shape index (κ2) is 7.02. The van der Waals surface area contributed by atoms with E-state index in [0.717, 1.165) is 17.1 Å². The normalized spacial score (nSPS) is 28.3. The summed E-state index contributed by atoms with van der Waals surface area (Å²) in [6.45, 7) is 1.43. The van der Waals surface area contributed by atoms with E-state index in [1.165, 1.54) is 13.1 Å². The molecular formula is C21H23N3O5. The molecule has 152 valence electrons. The summed E-state index contributed by atoms with van der Waals surface area (Å²) < 4.78 is 5.57. The highest BCUT2D eigenvalue weighted by atomic mass is 16.5. The Morgan fingerprint density at radius 2 is 1.86 bits per heavy atom. The minimum absolute atomic E-state index is 0.122. The summed E-state index contributed by atoms with van der Waals surface area (Å²) in [5.74, 6) is -1.69. The van der Waals surface area contributed by atoms with Crippen molar-refractivity contribution in [3.05, 3.63) is 35.9 Å². The third-order valence-electron chi connectivity index (χ3n) is 5.92. The Morgan fingerprint density at radius 3 is 2.41 bits per heavy atom. The molecule has 0 spiro atoms. The second-order valence-corrected chi connectivity index (χ2v) is 7.95. The van der Waals surface area contributed by atoms with Crippen molar-refractivity contribution in [3.63, 3.8) is 0 Å². The summed E-state index contributed by atoms with van der Waals surface area (Å²) in [5.41, 5.74) is 1.31. The Balaban J connectivity index is 1.60. The lowest BCUT2D eigenvalue weighted by atomic mass is 9.85. The van der Waals surface area contributed by atoms with Crippen LogP contribution in [-0.2, 0) is 14.4 Å². The van der Waals surface area contributed by atoms with E-state index in [2.05, 4.69) is 5.10 Å². The van der Waals surface area contributed by atoms with E-state index in [0.29, 0.717) is 11.3 Å². The number of allylic oxidation sites excluding steroid dienone is 2. The zero-order chi connectivity index (χ0) is 20.9. The van der Waals surface area contributed by atoms with Gasteiger partial charge < -0.3 is 14.7 Å². The van der Waals surface area contributed by atoms with Crippen molar-refractivity contribution < 1.29 is 24.2 Å². The Morgan fingerprint density at radius 1 is 1.24 bits per heavy atom. The topological polar surface area (TPSA) is 99.5 Å². The fourth-order valence-corrected chi connectivity index (χ4v) is 4.37. The average Bonchev–Trinajstić information content (AvgIpc) is 3.35. The first-order valence-corrected chi connectivity index (χ1v) is 9.59. The number of hydrazone groups is 1.